The van der Waals surface area contributed by atoms with Crippen molar-refractivity contribution in [2.45, 2.75) is 32.3 Å². The lowest BCUT2D eigenvalue weighted by atomic mass is 10.1. The summed E-state index contributed by atoms with van der Waals surface area (Å²) in [6.45, 7) is 6.26. The lowest BCUT2D eigenvalue weighted by Crippen LogP contribution is -2.36. The fourth-order valence-electron chi connectivity index (χ4n) is 1.48. The van der Waals surface area contributed by atoms with Crippen molar-refractivity contribution in [2.24, 2.45) is 0 Å². The Morgan fingerprint density at radius 3 is 2.72 bits per heavy atom. The molecule has 1 heterocycles. The number of rotatable bonds is 6. The molecule has 0 spiro atoms. The predicted molar refractivity (Wildman–Crippen MR) is 78.0 cm³/mol. The summed E-state index contributed by atoms with van der Waals surface area (Å²) in [4.78, 5) is 8.55. The van der Waals surface area contributed by atoms with Crippen molar-refractivity contribution in [2.75, 3.05) is 29.6 Å². The molecule has 1 rings (SSSR count). The number of thioether (sulfide) groups is 1. The second-order valence-corrected chi connectivity index (χ2v) is 5.84. The molecule has 4 N–H and O–H groups in total. The Morgan fingerprint density at radius 1 is 1.50 bits per heavy atom. The van der Waals surface area contributed by atoms with Crippen LogP contribution in [-0.2, 0) is 0 Å². The van der Waals surface area contributed by atoms with Crippen molar-refractivity contribution >= 4 is 23.4 Å². The number of anilines is 2. The Balaban J connectivity index is 2.73. The molecular formula is C12H22N4OS. The topological polar surface area (TPSA) is 84.1 Å². The zero-order chi connectivity index (χ0) is 13.8. The summed E-state index contributed by atoms with van der Waals surface area (Å²) < 4.78 is 0. The molecule has 1 unspecified atom stereocenters. The average molecular weight is 270 g/mol. The number of hydrogen-bond donors (Lipinski definition) is 3. The molecule has 0 aromatic carbocycles. The van der Waals surface area contributed by atoms with Gasteiger partial charge in [-0.15, -0.1) is 0 Å². The molecule has 0 fully saturated rings. The van der Waals surface area contributed by atoms with Crippen molar-refractivity contribution in [3.63, 3.8) is 0 Å². The van der Waals surface area contributed by atoms with Crippen LogP contribution in [0, 0.1) is 0 Å². The van der Waals surface area contributed by atoms with Crippen molar-refractivity contribution in [3.8, 4) is 0 Å². The van der Waals surface area contributed by atoms with Crippen molar-refractivity contribution < 1.29 is 5.11 Å². The molecule has 0 amide bonds. The van der Waals surface area contributed by atoms with Gasteiger partial charge in [0.05, 0.1) is 5.60 Å². The minimum atomic E-state index is -0.767. The highest BCUT2D eigenvalue weighted by molar-refractivity contribution is 7.98. The fourth-order valence-corrected chi connectivity index (χ4v) is 2.20. The second kappa shape index (κ2) is 6.24. The van der Waals surface area contributed by atoms with Crippen LogP contribution in [0.3, 0.4) is 0 Å². The minimum Gasteiger partial charge on any atom is -0.387 e. The van der Waals surface area contributed by atoms with Crippen LogP contribution in [-0.4, -0.2) is 39.2 Å². The quantitative estimate of drug-likeness (QED) is 0.730. The van der Waals surface area contributed by atoms with Crippen molar-refractivity contribution in [1.29, 1.82) is 0 Å². The molecule has 5 nitrogen and oxygen atoms in total. The van der Waals surface area contributed by atoms with E-state index < -0.39 is 5.60 Å². The third-order valence-electron chi connectivity index (χ3n) is 2.39. The van der Waals surface area contributed by atoms with Crippen LogP contribution in [0.1, 0.15) is 32.5 Å². The zero-order valence-electron chi connectivity index (χ0n) is 11.4. The number of nitrogens with one attached hydrogen (secondary N) is 1. The summed E-state index contributed by atoms with van der Waals surface area (Å²) in [6, 6.07) is 1.68. The van der Waals surface area contributed by atoms with Gasteiger partial charge in [-0.3, -0.25) is 0 Å². The summed E-state index contributed by atoms with van der Waals surface area (Å²) in [7, 11) is 0. The number of nitrogen functional groups attached to an aromatic ring is 1. The smallest absolute Gasteiger partial charge is 0.135 e. The molecule has 0 aliphatic carbocycles. The summed E-state index contributed by atoms with van der Waals surface area (Å²) in [5, 5.41) is 13.2. The van der Waals surface area contributed by atoms with Crippen LogP contribution in [0.4, 0.5) is 11.6 Å². The summed E-state index contributed by atoms with van der Waals surface area (Å²) >= 11 is 1.61. The molecule has 1 atom stereocenters. The van der Waals surface area contributed by atoms with E-state index >= 15 is 0 Å². The lowest BCUT2D eigenvalue weighted by Gasteiger charge is -2.23. The SMILES string of the molecule is CSCC(C)(O)CNc1cc(N)nc(C(C)C)n1. The molecule has 6 heteroatoms. The van der Waals surface area contributed by atoms with E-state index in [1.54, 1.807) is 24.8 Å². The van der Waals surface area contributed by atoms with Gasteiger partial charge in [0.1, 0.15) is 17.5 Å². The van der Waals surface area contributed by atoms with Gasteiger partial charge in [-0.2, -0.15) is 11.8 Å². The van der Waals surface area contributed by atoms with Gasteiger partial charge in [0.25, 0.3) is 0 Å². The predicted octanol–water partition coefficient (Wildman–Crippen LogP) is 1.71. The van der Waals surface area contributed by atoms with E-state index in [0.717, 1.165) is 0 Å². The first kappa shape index (κ1) is 15.0. The summed E-state index contributed by atoms with van der Waals surface area (Å²) in [5.41, 5.74) is 4.97. The highest BCUT2D eigenvalue weighted by Crippen LogP contribution is 2.17. The highest BCUT2D eigenvalue weighted by atomic mass is 32.2. The molecule has 0 aliphatic heterocycles. The largest absolute Gasteiger partial charge is 0.387 e. The van der Waals surface area contributed by atoms with Crippen LogP contribution in [0.15, 0.2) is 6.07 Å². The Labute approximate surface area is 113 Å². The molecular weight excluding hydrogens is 248 g/mol. The van der Waals surface area contributed by atoms with Gasteiger partial charge >= 0.3 is 0 Å². The minimum absolute atomic E-state index is 0.223. The maximum Gasteiger partial charge on any atom is 0.135 e. The Morgan fingerprint density at radius 2 is 2.17 bits per heavy atom. The molecule has 0 aliphatic rings. The lowest BCUT2D eigenvalue weighted by molar-refractivity contribution is 0.0996. The van der Waals surface area contributed by atoms with Gasteiger partial charge in [-0.25, -0.2) is 9.97 Å². The van der Waals surface area contributed by atoms with E-state index in [1.165, 1.54) is 0 Å². The van der Waals surface area contributed by atoms with Crippen LogP contribution in [0.2, 0.25) is 0 Å². The van der Waals surface area contributed by atoms with Crippen LogP contribution in [0.25, 0.3) is 0 Å². The van der Waals surface area contributed by atoms with Gasteiger partial charge < -0.3 is 16.2 Å². The number of nitrogens with zero attached hydrogens (tertiary/aromatic N) is 2. The average Bonchev–Trinajstić information content (AvgIpc) is 2.26. The van der Waals surface area contributed by atoms with E-state index in [1.807, 2.05) is 20.1 Å². The van der Waals surface area contributed by atoms with Crippen LogP contribution < -0.4 is 11.1 Å². The molecule has 1 aromatic heterocycles. The van der Waals surface area contributed by atoms with Crippen LogP contribution >= 0.6 is 11.8 Å². The van der Waals surface area contributed by atoms with Gasteiger partial charge in [-0.1, -0.05) is 13.8 Å². The van der Waals surface area contributed by atoms with E-state index in [9.17, 15) is 5.11 Å². The maximum absolute atomic E-state index is 10.1. The number of hydrogen-bond acceptors (Lipinski definition) is 6. The van der Waals surface area contributed by atoms with E-state index in [-0.39, 0.29) is 5.92 Å². The van der Waals surface area contributed by atoms with E-state index in [4.69, 9.17) is 5.73 Å². The first-order valence-electron chi connectivity index (χ1n) is 5.94. The molecule has 0 bridgehead atoms. The highest BCUT2D eigenvalue weighted by Gasteiger charge is 2.19. The van der Waals surface area contributed by atoms with Gasteiger partial charge in [0.15, 0.2) is 0 Å². The Bertz CT molecular complexity index is 396. The molecule has 1 aromatic rings. The summed E-state index contributed by atoms with van der Waals surface area (Å²) in [5.74, 6) is 2.70. The monoisotopic (exact) mass is 270 g/mol. The van der Waals surface area contributed by atoms with Gasteiger partial charge in [0.2, 0.25) is 0 Å². The van der Waals surface area contributed by atoms with Gasteiger partial charge in [0, 0.05) is 24.3 Å². The number of aliphatic hydroxyl groups is 1. The molecule has 0 saturated heterocycles. The third kappa shape index (κ3) is 4.70. The molecule has 0 radical (unpaired) electrons. The third-order valence-corrected chi connectivity index (χ3v) is 3.30. The van der Waals surface area contributed by atoms with Crippen LogP contribution in [0.5, 0.6) is 0 Å². The number of nitrogens with two attached hydrogens (primary N) is 1. The summed E-state index contributed by atoms with van der Waals surface area (Å²) in [6.07, 6.45) is 1.97. The normalized spacial score (nSPS) is 14.6. The van der Waals surface area contributed by atoms with Crippen molar-refractivity contribution in [1.82, 2.24) is 9.97 Å². The maximum atomic E-state index is 10.1. The molecule has 102 valence electrons. The molecule has 18 heavy (non-hydrogen) atoms. The fraction of sp³-hybridized carbons (Fsp3) is 0.667. The van der Waals surface area contributed by atoms with E-state index in [2.05, 4.69) is 15.3 Å². The van der Waals surface area contributed by atoms with Gasteiger partial charge in [-0.05, 0) is 13.2 Å². The Kier molecular flexibility index (Phi) is 5.22. The second-order valence-electron chi connectivity index (χ2n) is 4.97. The first-order chi connectivity index (χ1) is 8.34. The number of aromatic nitrogens is 2. The standard InChI is InChI=1S/C12H22N4OS/c1-8(2)11-15-9(13)5-10(16-11)14-6-12(3,17)7-18-4/h5,8,17H,6-7H2,1-4H3,(H3,13,14,15,16). The Hall–Kier alpha value is -1.01. The van der Waals surface area contributed by atoms with Crippen molar-refractivity contribution in [3.05, 3.63) is 11.9 Å². The molecule has 0 saturated carbocycles. The zero-order valence-corrected chi connectivity index (χ0v) is 12.2. The van der Waals surface area contributed by atoms with E-state index in [0.29, 0.717) is 29.8 Å². The first-order valence-corrected chi connectivity index (χ1v) is 7.33.